The van der Waals surface area contributed by atoms with E-state index in [1.54, 1.807) is 25.1 Å². The molecule has 0 saturated heterocycles. The quantitative estimate of drug-likeness (QED) is 0.753. The number of sulfonamides is 1. The van der Waals surface area contributed by atoms with Crippen molar-refractivity contribution in [3.8, 4) is 0 Å². The predicted octanol–water partition coefficient (Wildman–Crippen LogP) is 3.71. The summed E-state index contributed by atoms with van der Waals surface area (Å²) in [6, 6.07) is 13.5. The van der Waals surface area contributed by atoms with E-state index in [-0.39, 0.29) is 10.8 Å². The summed E-state index contributed by atoms with van der Waals surface area (Å²) in [6.07, 6.45) is 0. The van der Waals surface area contributed by atoms with Gasteiger partial charge in [0.2, 0.25) is 15.9 Å². The molecule has 0 radical (unpaired) electrons. The zero-order valence-electron chi connectivity index (χ0n) is 14.1. The Balaban J connectivity index is 2.12. The second kappa shape index (κ2) is 8.23. The smallest absolute Gasteiger partial charge is 0.242 e. The molecular weight excluding hydrogens is 380 g/mol. The van der Waals surface area contributed by atoms with E-state index < -0.39 is 15.3 Å². The lowest BCUT2D eigenvalue weighted by Crippen LogP contribution is -2.24. The lowest BCUT2D eigenvalue weighted by Gasteiger charge is -2.15. The molecule has 0 heterocycles. The highest BCUT2D eigenvalue weighted by Crippen LogP contribution is 2.30. The van der Waals surface area contributed by atoms with Gasteiger partial charge in [-0.05, 0) is 37.3 Å². The summed E-state index contributed by atoms with van der Waals surface area (Å²) in [5.41, 5.74) is 0.430. The first-order valence-corrected chi connectivity index (χ1v) is 10.2. The molecular formula is C17H19ClN2O3S2. The minimum absolute atomic E-state index is 0.127. The van der Waals surface area contributed by atoms with Gasteiger partial charge in [-0.25, -0.2) is 12.7 Å². The Morgan fingerprint density at radius 1 is 1.16 bits per heavy atom. The van der Waals surface area contributed by atoms with Crippen LogP contribution >= 0.6 is 23.4 Å². The lowest BCUT2D eigenvalue weighted by atomic mass is 10.3. The van der Waals surface area contributed by atoms with Crippen molar-refractivity contribution in [1.82, 2.24) is 4.31 Å². The standard InChI is InChI=1S/C17H19ClN2O3S2/c1-12(24-16-10-5-4-9-15(16)18)17(21)19-13-7-6-8-14(11-13)25(22,23)20(2)3/h4-12H,1-3H3,(H,19,21)/t12-/m1/s1. The summed E-state index contributed by atoms with van der Waals surface area (Å²) in [6.45, 7) is 1.77. The van der Waals surface area contributed by atoms with E-state index >= 15 is 0 Å². The van der Waals surface area contributed by atoms with E-state index in [1.807, 2.05) is 18.2 Å². The second-order valence-corrected chi connectivity index (χ2v) is 9.44. The van der Waals surface area contributed by atoms with Crippen LogP contribution in [0.2, 0.25) is 5.02 Å². The maximum absolute atomic E-state index is 12.4. The third-order valence-corrected chi connectivity index (χ3v) is 6.82. The van der Waals surface area contributed by atoms with Gasteiger partial charge in [0.25, 0.3) is 0 Å². The van der Waals surface area contributed by atoms with E-state index in [9.17, 15) is 13.2 Å². The highest BCUT2D eigenvalue weighted by atomic mass is 35.5. The molecule has 2 aromatic carbocycles. The topological polar surface area (TPSA) is 66.5 Å². The first-order valence-electron chi connectivity index (χ1n) is 7.46. The van der Waals surface area contributed by atoms with Crippen LogP contribution in [0.5, 0.6) is 0 Å². The SMILES string of the molecule is C[C@@H](Sc1ccccc1Cl)C(=O)Nc1cccc(S(=O)(=O)N(C)C)c1. The number of anilines is 1. The van der Waals surface area contributed by atoms with E-state index in [2.05, 4.69) is 5.32 Å². The molecule has 0 aromatic heterocycles. The molecule has 1 N–H and O–H groups in total. The Morgan fingerprint density at radius 2 is 1.84 bits per heavy atom. The van der Waals surface area contributed by atoms with E-state index in [0.717, 1.165) is 9.20 Å². The fourth-order valence-electron chi connectivity index (χ4n) is 1.97. The second-order valence-electron chi connectivity index (χ2n) is 5.50. The molecule has 134 valence electrons. The monoisotopic (exact) mass is 398 g/mol. The van der Waals surface area contributed by atoms with Gasteiger partial charge < -0.3 is 5.32 Å². The van der Waals surface area contributed by atoms with Crippen molar-refractivity contribution in [2.75, 3.05) is 19.4 Å². The molecule has 2 aromatic rings. The zero-order valence-corrected chi connectivity index (χ0v) is 16.5. The Bertz CT molecular complexity index is 870. The Labute approximate surface area is 157 Å². The van der Waals surface area contributed by atoms with Crippen molar-refractivity contribution >= 4 is 45.0 Å². The summed E-state index contributed by atoms with van der Waals surface area (Å²) < 4.78 is 25.5. The number of halogens is 1. The number of carbonyl (C=O) groups is 1. The Kier molecular flexibility index (Phi) is 6.51. The van der Waals surface area contributed by atoms with Gasteiger partial charge in [-0.3, -0.25) is 4.79 Å². The number of nitrogens with one attached hydrogen (secondary N) is 1. The summed E-state index contributed by atoms with van der Waals surface area (Å²) in [5, 5.41) is 2.94. The van der Waals surface area contributed by atoms with Gasteiger partial charge in [0, 0.05) is 24.7 Å². The number of amides is 1. The minimum Gasteiger partial charge on any atom is -0.325 e. The van der Waals surface area contributed by atoms with Gasteiger partial charge in [-0.2, -0.15) is 0 Å². The molecule has 0 aliphatic carbocycles. The molecule has 25 heavy (non-hydrogen) atoms. The van der Waals surface area contributed by atoms with Crippen molar-refractivity contribution in [2.24, 2.45) is 0 Å². The van der Waals surface area contributed by atoms with Gasteiger partial charge >= 0.3 is 0 Å². The van der Waals surface area contributed by atoms with Crippen LogP contribution in [-0.4, -0.2) is 38.0 Å². The largest absolute Gasteiger partial charge is 0.325 e. The molecule has 8 heteroatoms. The molecule has 1 atom stereocenters. The van der Waals surface area contributed by atoms with E-state index in [1.165, 1.54) is 38.0 Å². The molecule has 1 amide bonds. The van der Waals surface area contributed by atoms with Crippen molar-refractivity contribution in [3.63, 3.8) is 0 Å². The predicted molar refractivity (Wildman–Crippen MR) is 103 cm³/mol. The number of hydrogen-bond donors (Lipinski definition) is 1. The molecule has 0 fully saturated rings. The number of hydrogen-bond acceptors (Lipinski definition) is 4. The van der Waals surface area contributed by atoms with Crippen LogP contribution in [-0.2, 0) is 14.8 Å². The molecule has 0 bridgehead atoms. The lowest BCUT2D eigenvalue weighted by molar-refractivity contribution is -0.115. The van der Waals surface area contributed by atoms with Gasteiger partial charge in [0.15, 0.2) is 0 Å². The Hall–Kier alpha value is -1.54. The van der Waals surface area contributed by atoms with Crippen LogP contribution in [0.15, 0.2) is 58.3 Å². The normalized spacial score (nSPS) is 12.8. The van der Waals surface area contributed by atoms with Crippen molar-refractivity contribution < 1.29 is 13.2 Å². The molecule has 0 unspecified atom stereocenters. The number of benzene rings is 2. The summed E-state index contributed by atoms with van der Waals surface area (Å²) in [4.78, 5) is 13.3. The maximum atomic E-state index is 12.4. The molecule has 0 aliphatic heterocycles. The van der Waals surface area contributed by atoms with Gasteiger partial charge in [0.1, 0.15) is 0 Å². The average molecular weight is 399 g/mol. The molecule has 0 spiro atoms. The summed E-state index contributed by atoms with van der Waals surface area (Å²) in [5.74, 6) is -0.232. The summed E-state index contributed by atoms with van der Waals surface area (Å²) in [7, 11) is -0.628. The van der Waals surface area contributed by atoms with E-state index in [4.69, 9.17) is 11.6 Å². The van der Waals surface area contributed by atoms with Crippen LogP contribution < -0.4 is 5.32 Å². The first-order chi connectivity index (χ1) is 11.7. The Morgan fingerprint density at radius 3 is 2.48 bits per heavy atom. The molecule has 0 saturated carbocycles. The molecule has 2 rings (SSSR count). The van der Waals surface area contributed by atoms with Crippen molar-refractivity contribution in [1.29, 1.82) is 0 Å². The fourth-order valence-corrected chi connectivity index (χ4v) is 4.08. The van der Waals surface area contributed by atoms with Crippen molar-refractivity contribution in [2.45, 2.75) is 22.0 Å². The van der Waals surface area contributed by atoms with Crippen molar-refractivity contribution in [3.05, 3.63) is 53.6 Å². The molecule has 5 nitrogen and oxygen atoms in total. The fraction of sp³-hybridized carbons (Fsp3) is 0.235. The van der Waals surface area contributed by atoms with Crippen LogP contribution in [0, 0.1) is 0 Å². The number of nitrogens with zero attached hydrogens (tertiary/aromatic N) is 1. The number of rotatable bonds is 6. The first kappa shape index (κ1) is 19.8. The van der Waals surface area contributed by atoms with Gasteiger partial charge in [-0.15, -0.1) is 11.8 Å². The van der Waals surface area contributed by atoms with Crippen LogP contribution in [0.3, 0.4) is 0 Å². The van der Waals surface area contributed by atoms with Crippen LogP contribution in [0.4, 0.5) is 5.69 Å². The third-order valence-electron chi connectivity index (χ3n) is 3.39. The van der Waals surface area contributed by atoms with Crippen LogP contribution in [0.25, 0.3) is 0 Å². The number of carbonyl (C=O) groups excluding carboxylic acids is 1. The number of thioether (sulfide) groups is 1. The van der Waals surface area contributed by atoms with Gasteiger partial charge in [-0.1, -0.05) is 29.8 Å². The maximum Gasteiger partial charge on any atom is 0.242 e. The molecule has 0 aliphatic rings. The highest BCUT2D eigenvalue weighted by Gasteiger charge is 2.19. The summed E-state index contributed by atoms with van der Waals surface area (Å²) >= 11 is 7.45. The van der Waals surface area contributed by atoms with Crippen LogP contribution in [0.1, 0.15) is 6.92 Å². The minimum atomic E-state index is -3.55. The average Bonchev–Trinajstić information content (AvgIpc) is 2.57. The van der Waals surface area contributed by atoms with E-state index in [0.29, 0.717) is 10.7 Å². The highest BCUT2D eigenvalue weighted by molar-refractivity contribution is 8.00. The van der Waals surface area contributed by atoms with Gasteiger partial charge in [0.05, 0.1) is 15.2 Å². The zero-order chi connectivity index (χ0) is 18.6. The third kappa shape index (κ3) is 4.98.